The number of nitrogens with zero attached hydrogens (tertiary/aromatic N) is 4. The highest BCUT2D eigenvalue weighted by atomic mass is 19.4. The van der Waals surface area contributed by atoms with Crippen molar-refractivity contribution < 1.29 is 22.8 Å². The third-order valence-corrected chi connectivity index (χ3v) is 3.99. The Morgan fingerprint density at radius 3 is 2.65 bits per heavy atom. The predicted molar refractivity (Wildman–Crippen MR) is 81.9 cm³/mol. The van der Waals surface area contributed by atoms with E-state index in [1.165, 1.54) is 12.1 Å². The molecule has 1 fully saturated rings. The molecule has 3 rings (SSSR count). The molecule has 1 aromatic heterocycles. The molecule has 0 bridgehead atoms. The minimum absolute atomic E-state index is 0.0394. The highest BCUT2D eigenvalue weighted by Crippen LogP contribution is 2.31. The average molecular weight is 368 g/mol. The number of aromatic nitrogens is 4. The zero-order valence-corrected chi connectivity index (χ0v) is 13.5. The maximum absolute atomic E-state index is 12.7. The molecule has 26 heavy (non-hydrogen) atoms. The molecule has 8 nitrogen and oxygen atoms in total. The molecule has 0 atom stereocenters. The van der Waals surface area contributed by atoms with Crippen LogP contribution in [0.5, 0.6) is 0 Å². The number of rotatable bonds is 4. The van der Waals surface area contributed by atoms with Crippen molar-refractivity contribution >= 4 is 11.8 Å². The number of alkyl halides is 3. The standard InChI is InChI=1S/C15H15F3N6O2/c16-15(17,18)11-6-2-5-10(7-11)13-20-23-24(22-13)8-12(25)19-21-14(26)9-3-1-4-9/h2,5-7,9H,1,3-4,8H2,(H,19,25)(H,21,26). The van der Waals surface area contributed by atoms with Crippen molar-refractivity contribution in [1.29, 1.82) is 0 Å². The Hall–Kier alpha value is -2.98. The van der Waals surface area contributed by atoms with Gasteiger partial charge < -0.3 is 0 Å². The van der Waals surface area contributed by atoms with Crippen LogP contribution in [0.3, 0.4) is 0 Å². The second-order valence-corrected chi connectivity index (χ2v) is 5.89. The third-order valence-electron chi connectivity index (χ3n) is 3.99. The first kappa shape index (κ1) is 17.8. The summed E-state index contributed by atoms with van der Waals surface area (Å²) in [7, 11) is 0. The van der Waals surface area contributed by atoms with Crippen molar-refractivity contribution in [3.63, 3.8) is 0 Å². The van der Waals surface area contributed by atoms with Crippen LogP contribution in [0.2, 0.25) is 0 Å². The number of tetrazole rings is 1. The quantitative estimate of drug-likeness (QED) is 0.793. The lowest BCUT2D eigenvalue weighted by atomic mass is 9.85. The van der Waals surface area contributed by atoms with Gasteiger partial charge in [0.2, 0.25) is 11.7 Å². The van der Waals surface area contributed by atoms with Crippen molar-refractivity contribution in [1.82, 2.24) is 31.1 Å². The van der Waals surface area contributed by atoms with Crippen LogP contribution in [0.15, 0.2) is 24.3 Å². The summed E-state index contributed by atoms with van der Waals surface area (Å²) in [6.07, 6.45) is -1.89. The van der Waals surface area contributed by atoms with E-state index < -0.39 is 17.6 Å². The first-order valence-electron chi connectivity index (χ1n) is 7.87. The van der Waals surface area contributed by atoms with Gasteiger partial charge in [0.05, 0.1) is 5.56 Å². The molecule has 2 aromatic rings. The van der Waals surface area contributed by atoms with E-state index >= 15 is 0 Å². The molecule has 0 spiro atoms. The first-order valence-corrected chi connectivity index (χ1v) is 7.87. The van der Waals surface area contributed by atoms with E-state index in [9.17, 15) is 22.8 Å². The van der Waals surface area contributed by atoms with Crippen LogP contribution >= 0.6 is 0 Å². The number of carbonyl (C=O) groups excluding carboxylic acids is 2. The van der Waals surface area contributed by atoms with Gasteiger partial charge in [-0.1, -0.05) is 18.6 Å². The summed E-state index contributed by atoms with van der Waals surface area (Å²) in [5.41, 5.74) is 3.86. The summed E-state index contributed by atoms with van der Waals surface area (Å²) >= 11 is 0. The minimum Gasteiger partial charge on any atom is -0.273 e. The number of amides is 2. The topological polar surface area (TPSA) is 102 Å². The van der Waals surface area contributed by atoms with Gasteiger partial charge >= 0.3 is 6.18 Å². The third kappa shape index (κ3) is 4.16. The lowest BCUT2D eigenvalue weighted by Gasteiger charge is -2.23. The normalized spacial score (nSPS) is 14.6. The van der Waals surface area contributed by atoms with Gasteiger partial charge in [-0.25, -0.2) is 0 Å². The van der Waals surface area contributed by atoms with Gasteiger partial charge in [-0.15, -0.1) is 10.2 Å². The Morgan fingerprint density at radius 2 is 2.00 bits per heavy atom. The molecule has 1 aromatic carbocycles. The van der Waals surface area contributed by atoms with E-state index in [0.29, 0.717) is 0 Å². The smallest absolute Gasteiger partial charge is 0.273 e. The average Bonchev–Trinajstić information content (AvgIpc) is 2.99. The van der Waals surface area contributed by atoms with Crippen LogP contribution in [0.25, 0.3) is 11.4 Å². The van der Waals surface area contributed by atoms with E-state index in [2.05, 4.69) is 26.3 Å². The van der Waals surface area contributed by atoms with Crippen LogP contribution in [-0.2, 0) is 22.3 Å². The number of carbonyl (C=O) groups is 2. The fourth-order valence-electron chi connectivity index (χ4n) is 2.33. The van der Waals surface area contributed by atoms with E-state index in [0.717, 1.165) is 36.2 Å². The Kier molecular flexibility index (Phi) is 4.87. The first-order chi connectivity index (χ1) is 12.3. The number of hydrogen-bond donors (Lipinski definition) is 2. The summed E-state index contributed by atoms with van der Waals surface area (Å²) in [6, 6.07) is 4.49. The lowest BCUT2D eigenvalue weighted by molar-refractivity contribution is -0.137. The van der Waals surface area contributed by atoms with Crippen molar-refractivity contribution in [2.45, 2.75) is 32.0 Å². The molecule has 0 saturated heterocycles. The zero-order chi connectivity index (χ0) is 18.7. The minimum atomic E-state index is -4.48. The molecule has 0 radical (unpaired) electrons. The Morgan fingerprint density at radius 1 is 1.23 bits per heavy atom. The Bertz CT molecular complexity index is 816. The van der Waals surface area contributed by atoms with E-state index in [1.807, 2.05) is 0 Å². The molecule has 138 valence electrons. The maximum atomic E-state index is 12.7. The monoisotopic (exact) mass is 368 g/mol. The highest BCUT2D eigenvalue weighted by Gasteiger charge is 2.30. The van der Waals surface area contributed by atoms with Crippen molar-refractivity contribution in [2.24, 2.45) is 5.92 Å². The lowest BCUT2D eigenvalue weighted by Crippen LogP contribution is -2.47. The van der Waals surface area contributed by atoms with Crippen LogP contribution < -0.4 is 10.9 Å². The molecule has 1 aliphatic carbocycles. The second-order valence-electron chi connectivity index (χ2n) is 5.89. The SMILES string of the molecule is O=C(Cn1nnc(-c2cccc(C(F)(F)F)c2)n1)NNC(=O)C1CCC1. The molecular formula is C15H15F3N6O2. The van der Waals surface area contributed by atoms with Crippen molar-refractivity contribution in [3.05, 3.63) is 29.8 Å². The highest BCUT2D eigenvalue weighted by molar-refractivity contribution is 5.83. The molecule has 2 amide bonds. The summed E-state index contributed by atoms with van der Waals surface area (Å²) in [5, 5.41) is 11.2. The fraction of sp³-hybridized carbons (Fsp3) is 0.400. The van der Waals surface area contributed by atoms with E-state index in [4.69, 9.17) is 0 Å². The molecule has 0 aliphatic heterocycles. The molecule has 11 heteroatoms. The van der Waals surface area contributed by atoms with E-state index in [-0.39, 0.29) is 29.8 Å². The maximum Gasteiger partial charge on any atom is 0.416 e. The number of nitrogens with one attached hydrogen (secondary N) is 2. The van der Waals surface area contributed by atoms with Gasteiger partial charge in [-0.05, 0) is 30.2 Å². The van der Waals surface area contributed by atoms with Gasteiger partial charge in [0.15, 0.2) is 0 Å². The molecular weight excluding hydrogens is 353 g/mol. The molecule has 1 aliphatic rings. The van der Waals surface area contributed by atoms with Gasteiger partial charge in [0.1, 0.15) is 6.54 Å². The van der Waals surface area contributed by atoms with Gasteiger partial charge in [-0.3, -0.25) is 20.4 Å². The van der Waals surface area contributed by atoms with Gasteiger partial charge in [0, 0.05) is 11.5 Å². The van der Waals surface area contributed by atoms with Gasteiger partial charge in [-0.2, -0.15) is 18.0 Å². The second kappa shape index (κ2) is 7.10. The molecule has 2 N–H and O–H groups in total. The number of hydrogen-bond acceptors (Lipinski definition) is 5. The zero-order valence-electron chi connectivity index (χ0n) is 13.5. The largest absolute Gasteiger partial charge is 0.416 e. The summed E-state index contributed by atoms with van der Waals surface area (Å²) < 4.78 is 38.2. The Balaban J connectivity index is 1.59. The molecule has 1 heterocycles. The molecule has 1 saturated carbocycles. The van der Waals surface area contributed by atoms with Gasteiger partial charge in [0.25, 0.3) is 5.91 Å². The number of halogens is 3. The van der Waals surface area contributed by atoms with Crippen LogP contribution in [0.4, 0.5) is 13.2 Å². The summed E-state index contributed by atoms with van der Waals surface area (Å²) in [4.78, 5) is 24.3. The van der Waals surface area contributed by atoms with Crippen molar-refractivity contribution in [3.8, 4) is 11.4 Å². The van der Waals surface area contributed by atoms with Crippen LogP contribution in [0, 0.1) is 5.92 Å². The fourth-order valence-corrected chi connectivity index (χ4v) is 2.33. The molecule has 0 unspecified atom stereocenters. The van der Waals surface area contributed by atoms with Crippen LogP contribution in [0.1, 0.15) is 24.8 Å². The summed E-state index contributed by atoms with van der Waals surface area (Å²) in [5.74, 6) is -0.943. The number of benzene rings is 1. The Labute approximate surface area is 145 Å². The van der Waals surface area contributed by atoms with E-state index in [1.54, 1.807) is 0 Å². The van der Waals surface area contributed by atoms with Crippen molar-refractivity contribution in [2.75, 3.05) is 0 Å². The predicted octanol–water partition coefficient (Wildman–Crippen LogP) is 1.31. The summed E-state index contributed by atoms with van der Waals surface area (Å²) in [6.45, 7) is -0.336. The van der Waals surface area contributed by atoms with Crippen LogP contribution in [-0.4, -0.2) is 32.0 Å². The number of hydrazine groups is 1.